The maximum Gasteiger partial charge on any atom is 0.266 e. The quantitative estimate of drug-likeness (QED) is 0.804. The molecule has 2 amide bonds. The molecule has 3 aliphatic rings. The number of aliphatic hydroxyl groups is 1. The second-order valence-electron chi connectivity index (χ2n) is 7.36. The molecule has 1 spiro atoms. The van der Waals surface area contributed by atoms with Crippen LogP contribution in [-0.2, 0) is 14.3 Å². The van der Waals surface area contributed by atoms with Gasteiger partial charge in [0.2, 0.25) is 11.8 Å². The maximum absolute atomic E-state index is 14.3. The molecule has 0 bridgehead atoms. The Hall–Kier alpha value is -1.28. The first-order valence-electron chi connectivity index (χ1n) is 8.39. The number of likely N-dealkylation sites (tertiary alicyclic amines) is 2. The Labute approximate surface area is 139 Å². The number of carbonyl (C=O) groups excluding carboxylic acids is 2. The van der Waals surface area contributed by atoms with Crippen molar-refractivity contribution in [3.63, 3.8) is 0 Å². The van der Waals surface area contributed by atoms with Gasteiger partial charge in [0.1, 0.15) is 0 Å². The first-order valence-corrected chi connectivity index (χ1v) is 8.39. The van der Waals surface area contributed by atoms with Gasteiger partial charge in [0, 0.05) is 39.1 Å². The van der Waals surface area contributed by atoms with E-state index < -0.39 is 36.3 Å². The van der Waals surface area contributed by atoms with E-state index >= 15 is 0 Å². The molecule has 0 unspecified atom stereocenters. The number of piperidine rings is 1. The monoisotopic (exact) mass is 346 g/mol. The van der Waals surface area contributed by atoms with Gasteiger partial charge in [-0.15, -0.1) is 0 Å². The molecule has 1 aliphatic carbocycles. The molecule has 1 N–H and O–H groups in total. The third kappa shape index (κ3) is 3.13. The van der Waals surface area contributed by atoms with Crippen LogP contribution in [0.15, 0.2) is 0 Å². The van der Waals surface area contributed by atoms with Gasteiger partial charge in [0.25, 0.3) is 5.92 Å². The van der Waals surface area contributed by atoms with Gasteiger partial charge in [-0.3, -0.25) is 9.59 Å². The summed E-state index contributed by atoms with van der Waals surface area (Å²) in [4.78, 5) is 27.9. The minimum Gasteiger partial charge on any atom is -0.393 e. The topological polar surface area (TPSA) is 70.1 Å². The third-order valence-electron chi connectivity index (χ3n) is 5.45. The van der Waals surface area contributed by atoms with Gasteiger partial charge in [-0.2, -0.15) is 0 Å². The summed E-state index contributed by atoms with van der Waals surface area (Å²) < 4.78 is 33.5. The first-order chi connectivity index (χ1) is 11.3. The zero-order valence-corrected chi connectivity index (χ0v) is 13.8. The molecule has 2 aliphatic heterocycles. The fourth-order valence-electron chi connectivity index (χ4n) is 4.13. The van der Waals surface area contributed by atoms with E-state index in [1.165, 1.54) is 7.11 Å². The van der Waals surface area contributed by atoms with Crippen molar-refractivity contribution in [1.82, 2.24) is 9.80 Å². The average molecular weight is 346 g/mol. The predicted molar refractivity (Wildman–Crippen MR) is 80.4 cm³/mol. The van der Waals surface area contributed by atoms with E-state index in [9.17, 15) is 23.5 Å². The third-order valence-corrected chi connectivity index (χ3v) is 5.45. The van der Waals surface area contributed by atoms with Gasteiger partial charge >= 0.3 is 0 Å². The summed E-state index contributed by atoms with van der Waals surface area (Å²) in [6.45, 7) is 0.580. The maximum atomic E-state index is 14.3. The van der Waals surface area contributed by atoms with Crippen LogP contribution in [0.2, 0.25) is 0 Å². The second kappa shape index (κ2) is 6.22. The molecule has 0 aromatic heterocycles. The summed E-state index contributed by atoms with van der Waals surface area (Å²) in [5, 5.41) is 9.34. The SMILES string of the molecule is COCCN1CC[C@]2(CN(C(=O)C3CC(O)C3)CC(F)(F)C2)C1=O. The number of aliphatic hydroxyl groups excluding tert-OH is 1. The molecular formula is C16H24F2N2O4. The van der Waals surface area contributed by atoms with E-state index in [0.717, 1.165) is 4.90 Å². The number of nitrogens with zero attached hydrogens (tertiary/aromatic N) is 2. The predicted octanol–water partition coefficient (Wildman–Crippen LogP) is 0.490. The zero-order chi connectivity index (χ0) is 17.5. The van der Waals surface area contributed by atoms with E-state index in [0.29, 0.717) is 39.0 Å². The van der Waals surface area contributed by atoms with E-state index in [1.54, 1.807) is 4.90 Å². The number of alkyl halides is 2. The molecule has 1 atom stereocenters. The van der Waals surface area contributed by atoms with Crippen molar-refractivity contribution in [3.05, 3.63) is 0 Å². The van der Waals surface area contributed by atoms with Crippen molar-refractivity contribution < 1.29 is 28.2 Å². The highest BCUT2D eigenvalue weighted by atomic mass is 19.3. The molecule has 0 aromatic carbocycles. The van der Waals surface area contributed by atoms with Crippen LogP contribution >= 0.6 is 0 Å². The number of hydrogen-bond acceptors (Lipinski definition) is 4. The van der Waals surface area contributed by atoms with Gasteiger partial charge < -0.3 is 19.6 Å². The summed E-state index contributed by atoms with van der Waals surface area (Å²) in [5.74, 6) is -4.12. The number of halogens is 2. The molecule has 0 radical (unpaired) electrons. The van der Waals surface area contributed by atoms with E-state index in [-0.39, 0.29) is 18.4 Å². The number of carbonyl (C=O) groups is 2. The van der Waals surface area contributed by atoms with Crippen molar-refractivity contribution >= 4 is 11.8 Å². The average Bonchev–Trinajstić information content (AvgIpc) is 2.76. The van der Waals surface area contributed by atoms with Crippen LogP contribution in [0.3, 0.4) is 0 Å². The summed E-state index contributed by atoms with van der Waals surface area (Å²) >= 11 is 0. The Morgan fingerprint density at radius 1 is 1.38 bits per heavy atom. The van der Waals surface area contributed by atoms with E-state index in [2.05, 4.69) is 0 Å². The second-order valence-corrected chi connectivity index (χ2v) is 7.36. The van der Waals surface area contributed by atoms with Crippen LogP contribution in [0.1, 0.15) is 25.7 Å². The van der Waals surface area contributed by atoms with Gasteiger partial charge in [0.05, 0.1) is 24.7 Å². The lowest BCUT2D eigenvalue weighted by Crippen LogP contribution is -2.59. The van der Waals surface area contributed by atoms with Crippen LogP contribution in [0.4, 0.5) is 8.78 Å². The molecule has 3 fully saturated rings. The lowest BCUT2D eigenvalue weighted by atomic mass is 9.75. The molecule has 8 heteroatoms. The summed E-state index contributed by atoms with van der Waals surface area (Å²) in [6, 6.07) is 0. The molecule has 2 saturated heterocycles. The zero-order valence-electron chi connectivity index (χ0n) is 13.8. The van der Waals surface area contributed by atoms with Crippen LogP contribution in [0.5, 0.6) is 0 Å². The molecule has 6 nitrogen and oxygen atoms in total. The highest BCUT2D eigenvalue weighted by Crippen LogP contribution is 2.46. The molecule has 136 valence electrons. The standard InChI is InChI=1S/C16H24F2N2O4/c1-24-5-4-19-3-2-15(14(19)23)8-16(17,18)10-20(9-15)13(22)11-6-12(21)7-11/h11-12,21H,2-10H2,1H3/t11?,12?,15-/m0/s1. The smallest absolute Gasteiger partial charge is 0.266 e. The lowest BCUT2D eigenvalue weighted by Gasteiger charge is -2.45. The molecule has 0 aromatic rings. The number of ether oxygens (including phenoxy) is 1. The minimum atomic E-state index is -3.07. The number of rotatable bonds is 4. The number of amides is 2. The normalized spacial score (nSPS) is 35.4. The van der Waals surface area contributed by atoms with Gasteiger partial charge in [-0.05, 0) is 19.3 Å². The lowest BCUT2D eigenvalue weighted by molar-refractivity contribution is -0.169. The Morgan fingerprint density at radius 2 is 2.08 bits per heavy atom. The minimum absolute atomic E-state index is 0.0519. The fourth-order valence-corrected chi connectivity index (χ4v) is 4.13. The Balaban J connectivity index is 1.74. The highest BCUT2D eigenvalue weighted by Gasteiger charge is 2.58. The molecular weight excluding hydrogens is 322 g/mol. The van der Waals surface area contributed by atoms with E-state index in [4.69, 9.17) is 4.74 Å². The van der Waals surface area contributed by atoms with Crippen LogP contribution < -0.4 is 0 Å². The molecule has 3 rings (SSSR count). The summed E-state index contributed by atoms with van der Waals surface area (Å²) in [7, 11) is 1.53. The number of methoxy groups -OCH3 is 1. The Kier molecular flexibility index (Phi) is 4.55. The largest absolute Gasteiger partial charge is 0.393 e. The molecule has 24 heavy (non-hydrogen) atoms. The van der Waals surface area contributed by atoms with Gasteiger partial charge in [-0.1, -0.05) is 0 Å². The first kappa shape index (κ1) is 17.5. The number of hydrogen-bond donors (Lipinski definition) is 1. The van der Waals surface area contributed by atoms with Crippen molar-refractivity contribution in [3.8, 4) is 0 Å². The van der Waals surface area contributed by atoms with Crippen LogP contribution in [-0.4, -0.2) is 78.6 Å². The van der Waals surface area contributed by atoms with Crippen molar-refractivity contribution in [2.75, 3.05) is 39.9 Å². The van der Waals surface area contributed by atoms with Crippen LogP contribution in [0.25, 0.3) is 0 Å². The summed E-state index contributed by atoms with van der Waals surface area (Å²) in [5.41, 5.74) is -1.19. The van der Waals surface area contributed by atoms with Crippen molar-refractivity contribution in [2.45, 2.75) is 37.7 Å². The Bertz CT molecular complexity index is 524. The molecule has 1 saturated carbocycles. The Morgan fingerprint density at radius 3 is 2.71 bits per heavy atom. The van der Waals surface area contributed by atoms with Crippen LogP contribution in [0, 0.1) is 11.3 Å². The molecule has 2 heterocycles. The van der Waals surface area contributed by atoms with Crippen molar-refractivity contribution in [2.24, 2.45) is 11.3 Å². The summed E-state index contributed by atoms with van der Waals surface area (Å²) in [6.07, 6.45) is -0.0403. The van der Waals surface area contributed by atoms with Gasteiger partial charge in [-0.25, -0.2) is 8.78 Å². The highest BCUT2D eigenvalue weighted by molar-refractivity contribution is 5.87. The fraction of sp³-hybridized carbons (Fsp3) is 0.875. The van der Waals surface area contributed by atoms with Gasteiger partial charge in [0.15, 0.2) is 0 Å². The van der Waals surface area contributed by atoms with E-state index in [1.807, 2.05) is 0 Å². The van der Waals surface area contributed by atoms with Crippen molar-refractivity contribution in [1.29, 1.82) is 0 Å².